The van der Waals surface area contributed by atoms with Crippen LogP contribution in [0.3, 0.4) is 0 Å². The molecular weight excluding hydrogens is 210 g/mol. The van der Waals surface area contributed by atoms with Gasteiger partial charge in [0.2, 0.25) is 0 Å². The zero-order valence-electron chi connectivity index (χ0n) is 10.9. The van der Waals surface area contributed by atoms with Crippen molar-refractivity contribution in [3.63, 3.8) is 0 Å². The maximum absolute atomic E-state index is 4.55. The van der Waals surface area contributed by atoms with E-state index in [0.717, 1.165) is 19.1 Å². The SMILES string of the molecule is CCC1CCCN1Cc1ccc(CNC)cn1. The normalized spacial score (nSPS) is 20.9. The molecule has 1 aromatic rings. The van der Waals surface area contributed by atoms with Crippen LogP contribution in [-0.4, -0.2) is 29.5 Å². The second kappa shape index (κ2) is 6.12. The maximum Gasteiger partial charge on any atom is 0.0544 e. The van der Waals surface area contributed by atoms with Gasteiger partial charge in [-0.05, 0) is 44.5 Å². The summed E-state index contributed by atoms with van der Waals surface area (Å²) in [6.45, 7) is 5.43. The van der Waals surface area contributed by atoms with Crippen LogP contribution in [0.5, 0.6) is 0 Å². The van der Waals surface area contributed by atoms with Crippen molar-refractivity contribution in [2.45, 2.75) is 45.3 Å². The predicted molar refractivity (Wildman–Crippen MR) is 70.7 cm³/mol. The minimum absolute atomic E-state index is 0.772. The molecule has 0 spiro atoms. The minimum atomic E-state index is 0.772. The fourth-order valence-electron chi connectivity index (χ4n) is 2.63. The van der Waals surface area contributed by atoms with Crippen molar-refractivity contribution in [1.82, 2.24) is 15.2 Å². The minimum Gasteiger partial charge on any atom is -0.316 e. The lowest BCUT2D eigenvalue weighted by atomic mass is 10.1. The average Bonchev–Trinajstić information content (AvgIpc) is 2.79. The van der Waals surface area contributed by atoms with Gasteiger partial charge in [-0.1, -0.05) is 13.0 Å². The highest BCUT2D eigenvalue weighted by Gasteiger charge is 2.22. The molecule has 0 aliphatic carbocycles. The largest absolute Gasteiger partial charge is 0.316 e. The molecule has 1 N–H and O–H groups in total. The van der Waals surface area contributed by atoms with Crippen LogP contribution >= 0.6 is 0 Å². The zero-order chi connectivity index (χ0) is 12.1. The van der Waals surface area contributed by atoms with E-state index in [9.17, 15) is 0 Å². The van der Waals surface area contributed by atoms with E-state index in [0.29, 0.717) is 0 Å². The summed E-state index contributed by atoms with van der Waals surface area (Å²) < 4.78 is 0. The van der Waals surface area contributed by atoms with Crippen molar-refractivity contribution >= 4 is 0 Å². The average molecular weight is 233 g/mol. The van der Waals surface area contributed by atoms with E-state index >= 15 is 0 Å². The van der Waals surface area contributed by atoms with Gasteiger partial charge in [0.1, 0.15) is 0 Å². The third-order valence-electron chi connectivity index (χ3n) is 3.60. The van der Waals surface area contributed by atoms with Crippen LogP contribution in [0.4, 0.5) is 0 Å². The van der Waals surface area contributed by atoms with Crippen molar-refractivity contribution in [2.75, 3.05) is 13.6 Å². The van der Waals surface area contributed by atoms with E-state index < -0.39 is 0 Å². The Labute approximate surface area is 104 Å². The second-order valence-electron chi connectivity index (χ2n) is 4.86. The summed E-state index contributed by atoms with van der Waals surface area (Å²) in [5.74, 6) is 0. The smallest absolute Gasteiger partial charge is 0.0544 e. The van der Waals surface area contributed by atoms with Crippen molar-refractivity contribution in [2.24, 2.45) is 0 Å². The molecule has 0 saturated carbocycles. The molecule has 0 amide bonds. The van der Waals surface area contributed by atoms with Crippen molar-refractivity contribution in [1.29, 1.82) is 0 Å². The van der Waals surface area contributed by atoms with E-state index in [-0.39, 0.29) is 0 Å². The highest BCUT2D eigenvalue weighted by molar-refractivity contribution is 5.14. The number of nitrogens with one attached hydrogen (secondary N) is 1. The number of nitrogens with zero attached hydrogens (tertiary/aromatic N) is 2. The summed E-state index contributed by atoms with van der Waals surface area (Å²) in [5.41, 5.74) is 2.45. The predicted octanol–water partition coefficient (Wildman–Crippen LogP) is 2.18. The molecule has 3 heteroatoms. The quantitative estimate of drug-likeness (QED) is 0.845. The molecule has 1 aliphatic rings. The molecule has 3 nitrogen and oxygen atoms in total. The highest BCUT2D eigenvalue weighted by atomic mass is 15.2. The third-order valence-corrected chi connectivity index (χ3v) is 3.60. The molecular formula is C14H23N3. The topological polar surface area (TPSA) is 28.2 Å². The molecule has 1 atom stereocenters. The van der Waals surface area contributed by atoms with Crippen molar-refractivity contribution in [3.05, 3.63) is 29.6 Å². The third kappa shape index (κ3) is 3.27. The fourth-order valence-corrected chi connectivity index (χ4v) is 2.63. The molecule has 0 bridgehead atoms. The Balaban J connectivity index is 1.94. The molecule has 1 aliphatic heterocycles. The van der Waals surface area contributed by atoms with Crippen molar-refractivity contribution in [3.8, 4) is 0 Å². The highest BCUT2D eigenvalue weighted by Crippen LogP contribution is 2.21. The Hall–Kier alpha value is -0.930. The molecule has 1 unspecified atom stereocenters. The van der Waals surface area contributed by atoms with E-state index in [1.165, 1.54) is 37.1 Å². The number of rotatable bonds is 5. The standard InChI is InChI=1S/C14H23N3/c1-3-14-5-4-8-17(14)11-13-7-6-12(9-15-2)10-16-13/h6-7,10,14-15H,3-5,8-9,11H2,1-2H3. The van der Waals surface area contributed by atoms with E-state index in [1.54, 1.807) is 0 Å². The number of hydrogen-bond acceptors (Lipinski definition) is 3. The van der Waals surface area contributed by atoms with Crippen LogP contribution in [0.2, 0.25) is 0 Å². The summed E-state index contributed by atoms with van der Waals surface area (Å²) in [6.07, 6.45) is 5.95. The molecule has 2 heterocycles. The Kier molecular flexibility index (Phi) is 4.51. The molecule has 1 fully saturated rings. The fraction of sp³-hybridized carbons (Fsp3) is 0.643. The molecule has 1 aromatic heterocycles. The Morgan fingerprint density at radius 3 is 3.00 bits per heavy atom. The Bertz CT molecular complexity index is 334. The van der Waals surface area contributed by atoms with E-state index in [4.69, 9.17) is 0 Å². The lowest BCUT2D eigenvalue weighted by Gasteiger charge is -2.22. The first-order chi connectivity index (χ1) is 8.33. The van der Waals surface area contributed by atoms with Gasteiger partial charge in [0, 0.05) is 25.3 Å². The molecule has 2 rings (SSSR count). The second-order valence-corrected chi connectivity index (χ2v) is 4.86. The van der Waals surface area contributed by atoms with Gasteiger partial charge in [-0.15, -0.1) is 0 Å². The first-order valence-corrected chi connectivity index (χ1v) is 6.66. The van der Waals surface area contributed by atoms with Crippen LogP contribution in [0.15, 0.2) is 18.3 Å². The van der Waals surface area contributed by atoms with Crippen LogP contribution in [0, 0.1) is 0 Å². The van der Waals surface area contributed by atoms with Crippen molar-refractivity contribution < 1.29 is 0 Å². The van der Waals surface area contributed by atoms with Gasteiger partial charge in [0.15, 0.2) is 0 Å². The number of pyridine rings is 1. The van der Waals surface area contributed by atoms with E-state index in [2.05, 4.69) is 34.3 Å². The number of likely N-dealkylation sites (tertiary alicyclic amines) is 1. The van der Waals surface area contributed by atoms with Gasteiger partial charge < -0.3 is 5.32 Å². The zero-order valence-corrected chi connectivity index (χ0v) is 10.9. The molecule has 0 radical (unpaired) electrons. The summed E-state index contributed by atoms with van der Waals surface area (Å²) in [4.78, 5) is 7.12. The summed E-state index contributed by atoms with van der Waals surface area (Å²) in [7, 11) is 1.96. The van der Waals surface area contributed by atoms with Gasteiger partial charge in [-0.3, -0.25) is 9.88 Å². The molecule has 17 heavy (non-hydrogen) atoms. The van der Waals surface area contributed by atoms with E-state index in [1.807, 2.05) is 13.2 Å². The Morgan fingerprint density at radius 1 is 1.47 bits per heavy atom. The number of hydrogen-bond donors (Lipinski definition) is 1. The van der Waals surface area contributed by atoms with Gasteiger partial charge in [-0.25, -0.2) is 0 Å². The first-order valence-electron chi connectivity index (χ1n) is 6.66. The molecule has 0 aromatic carbocycles. The molecule has 1 saturated heterocycles. The van der Waals surface area contributed by atoms with Gasteiger partial charge in [-0.2, -0.15) is 0 Å². The van der Waals surface area contributed by atoms with Gasteiger partial charge in [0.05, 0.1) is 5.69 Å². The van der Waals surface area contributed by atoms with Crippen LogP contribution in [0.25, 0.3) is 0 Å². The maximum atomic E-state index is 4.55. The summed E-state index contributed by atoms with van der Waals surface area (Å²) in [6, 6.07) is 5.11. The van der Waals surface area contributed by atoms with Crippen LogP contribution in [-0.2, 0) is 13.1 Å². The molecule has 94 valence electrons. The van der Waals surface area contributed by atoms with Gasteiger partial charge in [0.25, 0.3) is 0 Å². The van der Waals surface area contributed by atoms with Crippen LogP contribution < -0.4 is 5.32 Å². The lowest BCUT2D eigenvalue weighted by Crippen LogP contribution is -2.28. The van der Waals surface area contributed by atoms with Crippen LogP contribution in [0.1, 0.15) is 37.4 Å². The summed E-state index contributed by atoms with van der Waals surface area (Å²) >= 11 is 0. The monoisotopic (exact) mass is 233 g/mol. The first kappa shape index (κ1) is 12.5. The summed E-state index contributed by atoms with van der Waals surface area (Å²) in [5, 5.41) is 3.14. The number of aromatic nitrogens is 1. The lowest BCUT2D eigenvalue weighted by molar-refractivity contribution is 0.237. The Morgan fingerprint density at radius 2 is 2.35 bits per heavy atom. The van der Waals surface area contributed by atoms with Gasteiger partial charge >= 0.3 is 0 Å².